The summed E-state index contributed by atoms with van der Waals surface area (Å²) in [4.78, 5) is 25.9. The molecule has 0 aliphatic carbocycles. The van der Waals surface area contributed by atoms with Crippen molar-refractivity contribution in [3.8, 4) is 0 Å². The van der Waals surface area contributed by atoms with Gasteiger partial charge in [0.25, 0.3) is 0 Å². The number of rotatable bonds is 14. The Morgan fingerprint density at radius 2 is 1.46 bits per heavy atom. The highest BCUT2D eigenvalue weighted by molar-refractivity contribution is 5.90. The highest BCUT2D eigenvalue weighted by atomic mass is 16.2. The summed E-state index contributed by atoms with van der Waals surface area (Å²) in [6.07, 6.45) is 8.39. The maximum Gasteiger partial charge on any atom is 0.225 e. The summed E-state index contributed by atoms with van der Waals surface area (Å²) < 4.78 is 0. The Kier molecular flexibility index (Phi) is 12.2. The number of para-hydroxylation sites is 1. The van der Waals surface area contributed by atoms with Crippen LogP contribution in [0.1, 0.15) is 58.3 Å². The fourth-order valence-electron chi connectivity index (χ4n) is 2.84. The number of unbranched alkanes of at least 4 members (excludes halogenated alkanes) is 5. The smallest absolute Gasteiger partial charge is 0.225 e. The van der Waals surface area contributed by atoms with E-state index in [2.05, 4.69) is 22.5 Å². The molecule has 5 nitrogen and oxygen atoms in total. The minimum absolute atomic E-state index is 0.0177. The van der Waals surface area contributed by atoms with Gasteiger partial charge >= 0.3 is 0 Å². The number of carbonyl (C=O) groups excluding carboxylic acids is 2. The van der Waals surface area contributed by atoms with E-state index in [0.717, 1.165) is 18.7 Å². The lowest BCUT2D eigenvalue weighted by molar-refractivity contribution is -0.120. The van der Waals surface area contributed by atoms with E-state index >= 15 is 0 Å². The van der Waals surface area contributed by atoms with Crippen molar-refractivity contribution in [2.45, 2.75) is 58.3 Å². The fraction of sp³-hybridized carbons (Fsp3) is 0.619. The number of carbonyl (C=O) groups is 2. The van der Waals surface area contributed by atoms with E-state index < -0.39 is 0 Å². The minimum atomic E-state index is 0.0177. The average Bonchev–Trinajstić information content (AvgIpc) is 2.66. The molecule has 0 unspecified atom stereocenters. The predicted octanol–water partition coefficient (Wildman–Crippen LogP) is 3.81. The molecule has 0 aliphatic rings. The first-order chi connectivity index (χ1) is 12.7. The first-order valence-corrected chi connectivity index (χ1v) is 9.93. The van der Waals surface area contributed by atoms with Crippen molar-refractivity contribution in [3.05, 3.63) is 30.3 Å². The Labute approximate surface area is 158 Å². The molecule has 0 aromatic heterocycles. The third-order valence-corrected chi connectivity index (χ3v) is 4.47. The monoisotopic (exact) mass is 361 g/mol. The first-order valence-electron chi connectivity index (χ1n) is 9.93. The Hall–Kier alpha value is -1.88. The van der Waals surface area contributed by atoms with Crippen molar-refractivity contribution < 1.29 is 9.59 Å². The van der Waals surface area contributed by atoms with Crippen LogP contribution in [-0.4, -0.2) is 43.4 Å². The largest absolute Gasteiger partial charge is 0.359 e. The van der Waals surface area contributed by atoms with Crippen LogP contribution in [0.5, 0.6) is 0 Å². The zero-order valence-corrected chi connectivity index (χ0v) is 16.4. The average molecular weight is 362 g/mol. The molecule has 0 aliphatic heterocycles. The van der Waals surface area contributed by atoms with Crippen LogP contribution in [0, 0.1) is 0 Å². The molecule has 26 heavy (non-hydrogen) atoms. The molecular weight excluding hydrogens is 326 g/mol. The number of hydrogen-bond acceptors (Lipinski definition) is 3. The molecule has 1 rings (SSSR count). The van der Waals surface area contributed by atoms with Gasteiger partial charge in [-0.3, -0.25) is 9.59 Å². The topological polar surface area (TPSA) is 61.4 Å². The Morgan fingerprint density at radius 3 is 2.12 bits per heavy atom. The highest BCUT2D eigenvalue weighted by Gasteiger charge is 2.10. The lowest BCUT2D eigenvalue weighted by atomic mass is 10.1. The van der Waals surface area contributed by atoms with Crippen LogP contribution in [0.2, 0.25) is 0 Å². The Bertz CT molecular complexity index is 505. The van der Waals surface area contributed by atoms with Gasteiger partial charge in [-0.15, -0.1) is 0 Å². The quantitative estimate of drug-likeness (QED) is 0.495. The summed E-state index contributed by atoms with van der Waals surface area (Å²) in [5.41, 5.74) is 0.824. The summed E-state index contributed by atoms with van der Waals surface area (Å²) in [6, 6.07) is 9.51. The van der Waals surface area contributed by atoms with Crippen molar-refractivity contribution >= 4 is 17.5 Å². The number of benzene rings is 1. The van der Waals surface area contributed by atoms with Crippen LogP contribution >= 0.6 is 0 Å². The molecule has 146 valence electrons. The van der Waals surface area contributed by atoms with Gasteiger partial charge in [-0.2, -0.15) is 0 Å². The molecule has 1 aromatic rings. The summed E-state index contributed by atoms with van der Waals surface area (Å²) in [7, 11) is 1.66. The molecule has 0 bridgehead atoms. The normalized spacial score (nSPS) is 10.7. The summed E-state index contributed by atoms with van der Waals surface area (Å²) in [5.74, 6) is 0.0655. The molecule has 2 amide bonds. The number of amides is 2. The van der Waals surface area contributed by atoms with Crippen molar-refractivity contribution in [3.63, 3.8) is 0 Å². The van der Waals surface area contributed by atoms with Crippen molar-refractivity contribution in [1.29, 1.82) is 0 Å². The second-order valence-electron chi connectivity index (χ2n) is 6.70. The maximum absolute atomic E-state index is 12.1. The number of anilines is 1. The zero-order chi connectivity index (χ0) is 19.0. The van der Waals surface area contributed by atoms with Gasteiger partial charge in [0, 0.05) is 38.7 Å². The molecule has 0 radical (unpaired) electrons. The lowest BCUT2D eigenvalue weighted by Gasteiger charge is -2.21. The van der Waals surface area contributed by atoms with Gasteiger partial charge in [0.05, 0.1) is 0 Å². The van der Waals surface area contributed by atoms with Crippen LogP contribution < -0.4 is 10.6 Å². The maximum atomic E-state index is 12.1. The van der Waals surface area contributed by atoms with Crippen LogP contribution in [-0.2, 0) is 9.59 Å². The molecule has 0 spiro atoms. The van der Waals surface area contributed by atoms with Crippen molar-refractivity contribution in [2.24, 2.45) is 0 Å². The zero-order valence-electron chi connectivity index (χ0n) is 16.4. The van der Waals surface area contributed by atoms with Gasteiger partial charge in [0.15, 0.2) is 0 Å². The van der Waals surface area contributed by atoms with Gasteiger partial charge < -0.3 is 15.5 Å². The van der Waals surface area contributed by atoms with Crippen LogP contribution in [0.3, 0.4) is 0 Å². The van der Waals surface area contributed by atoms with Gasteiger partial charge in [0.2, 0.25) is 11.8 Å². The summed E-state index contributed by atoms with van der Waals surface area (Å²) in [6.45, 7) is 4.56. The lowest BCUT2D eigenvalue weighted by Crippen LogP contribution is -2.32. The van der Waals surface area contributed by atoms with Crippen molar-refractivity contribution in [2.75, 3.05) is 32.0 Å². The number of nitrogens with zero attached hydrogens (tertiary/aromatic N) is 1. The number of hydrogen-bond donors (Lipinski definition) is 2. The van der Waals surface area contributed by atoms with Gasteiger partial charge in [-0.05, 0) is 25.1 Å². The van der Waals surface area contributed by atoms with Crippen LogP contribution in [0.15, 0.2) is 30.3 Å². The highest BCUT2D eigenvalue weighted by Crippen LogP contribution is 2.08. The summed E-state index contributed by atoms with van der Waals surface area (Å²) in [5, 5.41) is 5.58. The van der Waals surface area contributed by atoms with E-state index in [1.807, 2.05) is 30.3 Å². The van der Waals surface area contributed by atoms with Crippen LogP contribution in [0.25, 0.3) is 0 Å². The van der Waals surface area contributed by atoms with E-state index in [0.29, 0.717) is 25.9 Å². The second kappa shape index (κ2) is 14.3. The molecule has 0 fully saturated rings. The fourth-order valence-corrected chi connectivity index (χ4v) is 2.84. The molecule has 0 heterocycles. The van der Waals surface area contributed by atoms with E-state index in [1.54, 1.807) is 7.05 Å². The molecule has 0 saturated heterocycles. The second-order valence-corrected chi connectivity index (χ2v) is 6.70. The SMILES string of the molecule is CCCCCCCCN(CCC(=O)NC)CCC(=O)Nc1ccccc1. The van der Waals surface area contributed by atoms with E-state index in [4.69, 9.17) is 0 Å². The first kappa shape index (κ1) is 22.2. The standard InChI is InChI=1S/C21H35N3O2/c1-3-4-5-6-7-11-16-24(17-14-20(25)22-2)18-15-21(26)23-19-12-9-8-10-13-19/h8-10,12-13H,3-7,11,14-18H2,1-2H3,(H,22,25)(H,23,26). The molecule has 0 atom stereocenters. The summed E-state index contributed by atoms with van der Waals surface area (Å²) >= 11 is 0. The van der Waals surface area contributed by atoms with Crippen LogP contribution in [0.4, 0.5) is 5.69 Å². The van der Waals surface area contributed by atoms with Gasteiger partial charge in [-0.1, -0.05) is 57.2 Å². The van der Waals surface area contributed by atoms with E-state index in [-0.39, 0.29) is 11.8 Å². The third-order valence-electron chi connectivity index (χ3n) is 4.47. The Balaban J connectivity index is 2.34. The minimum Gasteiger partial charge on any atom is -0.359 e. The molecule has 0 saturated carbocycles. The molecule has 2 N–H and O–H groups in total. The number of nitrogens with one attached hydrogen (secondary N) is 2. The Morgan fingerprint density at radius 1 is 0.846 bits per heavy atom. The third kappa shape index (κ3) is 10.9. The van der Waals surface area contributed by atoms with Gasteiger partial charge in [-0.25, -0.2) is 0 Å². The van der Waals surface area contributed by atoms with E-state index in [1.165, 1.54) is 32.1 Å². The molecular formula is C21H35N3O2. The molecule has 5 heteroatoms. The van der Waals surface area contributed by atoms with Gasteiger partial charge in [0.1, 0.15) is 0 Å². The predicted molar refractivity (Wildman–Crippen MR) is 108 cm³/mol. The molecule has 1 aromatic carbocycles. The van der Waals surface area contributed by atoms with E-state index in [9.17, 15) is 9.59 Å². The van der Waals surface area contributed by atoms with Crippen molar-refractivity contribution in [1.82, 2.24) is 10.2 Å².